The van der Waals surface area contributed by atoms with Crippen molar-refractivity contribution in [3.8, 4) is 5.75 Å². The number of benzene rings is 2. The Morgan fingerprint density at radius 1 is 1.04 bits per heavy atom. The number of epoxide rings is 1. The number of likely N-dealkylation sites (N-methyl/N-ethyl adjacent to an activating group) is 1. The Bertz CT molecular complexity index is 2490. The molecule has 0 aliphatic carbocycles. The molecule has 2 fully saturated rings. The number of alkyl carbamates (subject to hydrolysis) is 2. The lowest BCUT2D eigenvalue weighted by molar-refractivity contribution is -0.162. The highest BCUT2D eigenvalue weighted by atomic mass is 35.5. The molecule has 3 heterocycles. The molecule has 7 N–H and O–H groups in total. The highest BCUT2D eigenvalue weighted by molar-refractivity contribution is 6.35. The molecule has 6 amide bonds. The molecule has 3 aliphatic rings. The number of esters is 1. The summed E-state index contributed by atoms with van der Waals surface area (Å²) in [6.45, 7) is 12.4. The van der Waals surface area contributed by atoms with E-state index in [0.717, 1.165) is 11.1 Å². The maximum atomic E-state index is 14.3. The Hall–Kier alpha value is -6.26. The van der Waals surface area contributed by atoms with E-state index in [0.29, 0.717) is 48.4 Å². The first-order chi connectivity index (χ1) is 35.8. The third-order valence-corrected chi connectivity index (χ3v) is 14.6. The Morgan fingerprint density at radius 2 is 1.74 bits per heavy atom. The molecule has 5 rings (SSSR count). The average molecular weight is 1080 g/mol. The van der Waals surface area contributed by atoms with Crippen molar-refractivity contribution in [1.29, 1.82) is 0 Å². The van der Waals surface area contributed by atoms with Crippen LogP contribution in [-0.4, -0.2) is 141 Å². The fourth-order valence-electron chi connectivity index (χ4n) is 8.98. The summed E-state index contributed by atoms with van der Waals surface area (Å²) < 4.78 is 34.7. The van der Waals surface area contributed by atoms with Gasteiger partial charge < -0.3 is 65.0 Å². The maximum Gasteiger partial charge on any atom is 0.409 e. The molecule has 418 valence electrons. The first-order valence-corrected chi connectivity index (χ1v) is 25.9. The smallest absolute Gasteiger partial charge is 0.409 e. The molecule has 22 heteroatoms. The van der Waals surface area contributed by atoms with Gasteiger partial charge in [-0.05, 0) is 88.3 Å². The summed E-state index contributed by atoms with van der Waals surface area (Å²) >= 11 is 6.81. The third kappa shape index (κ3) is 15.7. The fourth-order valence-corrected chi connectivity index (χ4v) is 9.29. The van der Waals surface area contributed by atoms with Crippen molar-refractivity contribution >= 4 is 64.8 Å². The second-order valence-corrected chi connectivity index (χ2v) is 20.8. The van der Waals surface area contributed by atoms with Gasteiger partial charge in [0.05, 0.1) is 31.4 Å². The number of amides is 6. The number of fused-ring (bicyclic) bond motifs is 5. The molecule has 0 saturated carbocycles. The minimum absolute atomic E-state index is 0.0213. The van der Waals surface area contributed by atoms with Crippen LogP contribution < -0.4 is 36.6 Å². The van der Waals surface area contributed by atoms with E-state index in [9.17, 15) is 38.7 Å². The van der Waals surface area contributed by atoms with E-state index in [1.807, 2.05) is 26.8 Å². The number of anilines is 2. The van der Waals surface area contributed by atoms with Gasteiger partial charge in [-0.2, -0.15) is 0 Å². The van der Waals surface area contributed by atoms with Crippen LogP contribution in [0.3, 0.4) is 0 Å². The first kappa shape index (κ1) is 60.6. The van der Waals surface area contributed by atoms with Crippen LogP contribution in [0.15, 0.2) is 60.2 Å². The lowest BCUT2D eigenvalue weighted by atomic mass is 9.83. The molecule has 10 atom stereocenters. The Labute approximate surface area is 449 Å². The topological polar surface area (TPSA) is 279 Å². The number of allylic oxidation sites excluding steroid dienone is 3. The number of hydrogen-bond acceptors (Lipinski definition) is 15. The lowest BCUT2D eigenvalue weighted by Crippen LogP contribution is -2.63. The number of carbonyl (C=O) groups is 7. The van der Waals surface area contributed by atoms with E-state index in [2.05, 4.69) is 21.3 Å². The van der Waals surface area contributed by atoms with Crippen molar-refractivity contribution in [3.05, 3.63) is 76.3 Å². The molecule has 0 aromatic heterocycles. The second kappa shape index (κ2) is 26.7. The van der Waals surface area contributed by atoms with E-state index in [1.54, 1.807) is 76.4 Å². The number of rotatable bonds is 18. The van der Waals surface area contributed by atoms with Gasteiger partial charge in [0.2, 0.25) is 23.6 Å². The van der Waals surface area contributed by atoms with E-state index >= 15 is 0 Å². The Balaban J connectivity index is 1.16. The Kier molecular flexibility index (Phi) is 21.3. The average Bonchev–Trinajstić information content (AvgIpc) is 4.08. The summed E-state index contributed by atoms with van der Waals surface area (Å²) in [4.78, 5) is 94.7. The van der Waals surface area contributed by atoms with Gasteiger partial charge in [0.1, 0.15) is 53.4 Å². The van der Waals surface area contributed by atoms with E-state index in [4.69, 9.17) is 45.8 Å². The van der Waals surface area contributed by atoms with Crippen molar-refractivity contribution in [2.45, 2.75) is 154 Å². The molecule has 4 bridgehead atoms. The summed E-state index contributed by atoms with van der Waals surface area (Å²) in [6.07, 6.45) is 1.56. The van der Waals surface area contributed by atoms with Gasteiger partial charge >= 0.3 is 18.2 Å². The standard InChI is InChI=1S/C54H76ClN7O14/c1-30(2)46(56)49(66)58-33(5)48(65)59-37-21-19-35(20-22-37)29-73-51(68)57-23-14-12-13-18-43(63)61(8)34(6)50(67)75-42-27-44(64)62(9)38-25-36(26-39(71-10)45(38)55)24-31(3)16-15-17-41(72-11)54(70)28-40(74-52(69)60-54)32(4)47-53(42,7)76-47/h15-17,19-22,25-26,30,32-34,40-42,46-47,70H,12-14,18,23-24,27-29,56H2,1-11H3,(H,57,68)(H,58,66)(H,59,65)(H,60,69)/b17-15+,31-16+/t32-,33+,34+,40?,41-,42?,46+,47?,53+,54+/m1/s1. The predicted octanol–water partition coefficient (Wildman–Crippen LogP) is 5.43. The van der Waals surface area contributed by atoms with Crippen LogP contribution in [0.4, 0.5) is 21.0 Å². The summed E-state index contributed by atoms with van der Waals surface area (Å²) in [5.74, 6) is -2.75. The second-order valence-electron chi connectivity index (χ2n) is 20.4. The molecule has 2 saturated heterocycles. The molecular formula is C54H76ClN7O14. The van der Waals surface area contributed by atoms with Gasteiger partial charge in [-0.25, -0.2) is 14.4 Å². The van der Waals surface area contributed by atoms with Crippen LogP contribution in [0.25, 0.3) is 0 Å². The molecule has 76 heavy (non-hydrogen) atoms. The quantitative estimate of drug-likeness (QED) is 0.0470. The highest BCUT2D eigenvalue weighted by Gasteiger charge is 2.64. The van der Waals surface area contributed by atoms with Gasteiger partial charge in [0.15, 0.2) is 5.72 Å². The summed E-state index contributed by atoms with van der Waals surface area (Å²) in [6, 6.07) is 7.62. The normalized spacial score (nSPS) is 25.9. The Morgan fingerprint density at radius 3 is 2.39 bits per heavy atom. The minimum Gasteiger partial charge on any atom is -0.495 e. The van der Waals surface area contributed by atoms with Crippen LogP contribution in [0.2, 0.25) is 5.02 Å². The first-order valence-electron chi connectivity index (χ1n) is 25.5. The van der Waals surface area contributed by atoms with E-state index in [1.165, 1.54) is 38.0 Å². The molecule has 21 nitrogen and oxygen atoms in total. The summed E-state index contributed by atoms with van der Waals surface area (Å²) in [5, 5.41) is 22.6. The number of hydrogen-bond donors (Lipinski definition) is 6. The number of nitrogens with zero attached hydrogens (tertiary/aromatic N) is 2. The van der Waals surface area contributed by atoms with Gasteiger partial charge in [0.25, 0.3) is 0 Å². The van der Waals surface area contributed by atoms with Crippen molar-refractivity contribution in [2.24, 2.45) is 17.6 Å². The zero-order valence-corrected chi connectivity index (χ0v) is 46.1. The van der Waals surface area contributed by atoms with Crippen molar-refractivity contribution in [3.63, 3.8) is 0 Å². The predicted molar refractivity (Wildman–Crippen MR) is 283 cm³/mol. The number of nitrogens with two attached hydrogens (primary N) is 1. The fraction of sp³-hybridized carbons (Fsp3) is 0.574. The summed E-state index contributed by atoms with van der Waals surface area (Å²) in [5.41, 5.74) is 5.91. The van der Waals surface area contributed by atoms with Crippen molar-refractivity contribution in [1.82, 2.24) is 20.9 Å². The number of aliphatic hydroxyl groups is 1. The van der Waals surface area contributed by atoms with Crippen molar-refractivity contribution < 1.29 is 67.1 Å². The third-order valence-electron chi connectivity index (χ3n) is 14.2. The maximum absolute atomic E-state index is 14.3. The molecular weight excluding hydrogens is 1010 g/mol. The van der Waals surface area contributed by atoms with Gasteiger partial charge in [-0.1, -0.05) is 74.7 Å². The lowest BCUT2D eigenvalue weighted by Gasteiger charge is -2.42. The number of unbranched alkanes of at least 4 members (excludes halogenated alkanes) is 2. The van der Waals surface area contributed by atoms with Crippen LogP contribution in [0.5, 0.6) is 5.75 Å². The monoisotopic (exact) mass is 1080 g/mol. The van der Waals surface area contributed by atoms with Crippen LogP contribution in [0, 0.1) is 11.8 Å². The molecule has 3 aliphatic heterocycles. The van der Waals surface area contributed by atoms with E-state index < -0.39 is 95.7 Å². The zero-order valence-electron chi connectivity index (χ0n) is 45.4. The van der Waals surface area contributed by atoms with Crippen LogP contribution >= 0.6 is 11.6 Å². The van der Waals surface area contributed by atoms with Gasteiger partial charge in [0, 0.05) is 52.2 Å². The van der Waals surface area contributed by atoms with Gasteiger partial charge in [-0.3, -0.25) is 24.5 Å². The molecule has 2 aromatic rings. The molecule has 3 unspecified atom stereocenters. The van der Waals surface area contributed by atoms with Crippen molar-refractivity contribution in [2.75, 3.05) is 45.1 Å². The summed E-state index contributed by atoms with van der Waals surface area (Å²) in [7, 11) is 5.93. The number of halogens is 1. The zero-order chi connectivity index (χ0) is 56.2. The highest BCUT2D eigenvalue weighted by Crippen LogP contribution is 2.49. The minimum atomic E-state index is -1.87. The van der Waals surface area contributed by atoms with E-state index in [-0.39, 0.29) is 49.3 Å². The molecule has 0 radical (unpaired) electrons. The van der Waals surface area contributed by atoms with Gasteiger partial charge in [-0.15, -0.1) is 0 Å². The number of ether oxygens (including phenoxy) is 6. The number of nitrogens with one attached hydrogen (secondary N) is 4. The van der Waals surface area contributed by atoms with Crippen LogP contribution in [-0.2, 0) is 60.7 Å². The number of methoxy groups -OCH3 is 2. The molecule has 0 spiro atoms. The molecule has 2 aromatic carbocycles. The van der Waals surface area contributed by atoms with Crippen LogP contribution in [0.1, 0.15) is 98.1 Å². The number of carbonyl (C=O) groups excluding carboxylic acids is 7. The largest absolute Gasteiger partial charge is 0.495 e. The SMILES string of the molecule is COc1cc2cc(c1Cl)N(C)C(=O)CC(OC(=O)[C@H](C)N(C)C(=O)CCCCCNC(=O)OCc1ccc(NC(=O)[C@H](C)NC(=O)[C@@H](N)C(C)C)cc1)[C@]1(C)OC1[C@H](C)C1C[C@@](O)(NC(=O)O1)[C@H](OC)/C=C/C=C(\C)C2.